The summed E-state index contributed by atoms with van der Waals surface area (Å²) in [5, 5.41) is 0. The third-order valence-electron chi connectivity index (χ3n) is 7.60. The van der Waals surface area contributed by atoms with Gasteiger partial charge in [0.2, 0.25) is 0 Å². The van der Waals surface area contributed by atoms with Crippen molar-refractivity contribution in [2.75, 3.05) is 0 Å². The Bertz CT molecular complexity index is 404. The van der Waals surface area contributed by atoms with Crippen LogP contribution in [0.3, 0.4) is 0 Å². The molecule has 0 saturated heterocycles. The smallest absolute Gasteiger partial charge is 0.00970 e. The lowest BCUT2D eigenvalue weighted by Crippen LogP contribution is -2.31. The zero-order chi connectivity index (χ0) is 28.1. The van der Waals surface area contributed by atoms with E-state index in [1.807, 2.05) is 0 Å². The van der Waals surface area contributed by atoms with Gasteiger partial charge in [-0.1, -0.05) is 174 Å². The van der Waals surface area contributed by atoms with E-state index in [2.05, 4.69) is 41.5 Å². The van der Waals surface area contributed by atoms with Gasteiger partial charge < -0.3 is 11.5 Å². The normalized spacial score (nSPS) is 12.0. The summed E-state index contributed by atoms with van der Waals surface area (Å²) in [5.41, 5.74) is 12.0. The van der Waals surface area contributed by atoms with Gasteiger partial charge in [0, 0.05) is 11.1 Å². The van der Waals surface area contributed by atoms with Crippen LogP contribution in [-0.4, -0.2) is 11.1 Å². The number of unbranched alkanes of at least 4 members (excludes halogenated alkanes) is 23. The predicted molar refractivity (Wildman–Crippen MR) is 173 cm³/mol. The van der Waals surface area contributed by atoms with Gasteiger partial charge in [-0.3, -0.25) is 0 Å². The molecule has 0 aliphatic carbocycles. The predicted octanol–water partition coefficient (Wildman–Crippen LogP) is 12.0. The number of rotatable bonds is 27. The highest BCUT2D eigenvalue weighted by molar-refractivity contribution is 4.71. The molecule has 0 amide bonds. The van der Waals surface area contributed by atoms with E-state index in [1.54, 1.807) is 0 Å². The fourth-order valence-corrected chi connectivity index (χ4v) is 5.02. The van der Waals surface area contributed by atoms with Crippen molar-refractivity contribution in [3.05, 3.63) is 0 Å². The van der Waals surface area contributed by atoms with E-state index in [1.165, 1.54) is 173 Å². The maximum absolute atomic E-state index is 5.97. The van der Waals surface area contributed by atoms with E-state index in [9.17, 15) is 0 Å². The van der Waals surface area contributed by atoms with Crippen LogP contribution in [0.1, 0.15) is 215 Å². The highest BCUT2D eigenvalue weighted by atomic mass is 14.7. The molecule has 2 nitrogen and oxygen atoms in total. The molecule has 0 aliphatic heterocycles. The average Bonchev–Trinajstić information content (AvgIpc) is 2.82. The average molecular weight is 525 g/mol. The molecule has 0 rings (SSSR count). The van der Waals surface area contributed by atoms with Crippen LogP contribution in [0.25, 0.3) is 0 Å². The Kier molecular flexibility index (Phi) is 30.5. The molecule has 37 heavy (non-hydrogen) atoms. The molecule has 4 N–H and O–H groups in total. The van der Waals surface area contributed by atoms with Gasteiger partial charge in [-0.2, -0.15) is 0 Å². The molecule has 0 aromatic carbocycles. The van der Waals surface area contributed by atoms with Gasteiger partial charge in [-0.15, -0.1) is 0 Å². The van der Waals surface area contributed by atoms with Gasteiger partial charge in [-0.05, 0) is 40.5 Å². The molecule has 0 fully saturated rings. The van der Waals surface area contributed by atoms with Crippen molar-refractivity contribution in [2.45, 2.75) is 226 Å². The highest BCUT2D eigenvalue weighted by Crippen LogP contribution is 2.16. The second kappa shape index (κ2) is 28.9. The van der Waals surface area contributed by atoms with Gasteiger partial charge in [-0.25, -0.2) is 0 Å². The Morgan fingerprint density at radius 2 is 0.459 bits per heavy atom. The minimum atomic E-state index is 0.0395. The Morgan fingerprint density at radius 1 is 0.297 bits per heavy atom. The first-order valence-corrected chi connectivity index (χ1v) is 17.2. The second-order valence-corrected chi connectivity index (χ2v) is 13.6. The summed E-state index contributed by atoms with van der Waals surface area (Å²) in [7, 11) is 0. The first-order valence-electron chi connectivity index (χ1n) is 17.2. The molecule has 0 radical (unpaired) electrons. The summed E-state index contributed by atoms with van der Waals surface area (Å²) in [6, 6.07) is 0. The van der Waals surface area contributed by atoms with Gasteiger partial charge >= 0.3 is 0 Å². The summed E-state index contributed by atoms with van der Waals surface area (Å²) >= 11 is 0. The Labute approximate surface area is 237 Å². The van der Waals surface area contributed by atoms with Crippen molar-refractivity contribution in [2.24, 2.45) is 11.5 Å². The molecule has 226 valence electrons. The maximum Gasteiger partial charge on any atom is 0.00970 e. The molecule has 0 spiro atoms. The topological polar surface area (TPSA) is 52.0 Å². The standard InChI is InChI=1S/C18H39N.C17H37N/c1-4-5-6-7-8-9-10-11-12-13-14-15-16-17-18(2,3)19;1-4-5-6-7-8-9-10-11-12-13-14-15-16-17(2,3)18/h4-17,19H2,1-3H3;4-16,18H2,1-3H3. The van der Waals surface area contributed by atoms with Crippen molar-refractivity contribution in [1.29, 1.82) is 0 Å². The zero-order valence-corrected chi connectivity index (χ0v) is 27.2. The summed E-state index contributed by atoms with van der Waals surface area (Å²) in [4.78, 5) is 0. The molecule has 0 aromatic heterocycles. The molecule has 0 heterocycles. The van der Waals surface area contributed by atoms with Crippen LogP contribution < -0.4 is 11.5 Å². The summed E-state index contributed by atoms with van der Waals surface area (Å²) in [5.74, 6) is 0. The lowest BCUT2D eigenvalue weighted by Gasteiger charge is -2.17. The van der Waals surface area contributed by atoms with Gasteiger partial charge in [0.05, 0.1) is 0 Å². The Hall–Kier alpha value is -0.0800. The zero-order valence-electron chi connectivity index (χ0n) is 27.2. The van der Waals surface area contributed by atoms with Crippen LogP contribution in [0.15, 0.2) is 0 Å². The van der Waals surface area contributed by atoms with Crippen molar-refractivity contribution in [3.63, 3.8) is 0 Å². The summed E-state index contributed by atoms with van der Waals surface area (Å²) in [6.45, 7) is 13.1. The van der Waals surface area contributed by atoms with Crippen LogP contribution in [0.2, 0.25) is 0 Å². The third kappa shape index (κ3) is 43.2. The minimum absolute atomic E-state index is 0.0395. The Morgan fingerprint density at radius 3 is 0.622 bits per heavy atom. The van der Waals surface area contributed by atoms with Crippen molar-refractivity contribution < 1.29 is 0 Å². The van der Waals surface area contributed by atoms with Gasteiger partial charge in [0.1, 0.15) is 0 Å². The van der Waals surface area contributed by atoms with E-state index in [4.69, 9.17) is 11.5 Å². The van der Waals surface area contributed by atoms with Crippen LogP contribution in [0.4, 0.5) is 0 Å². The molecule has 0 aromatic rings. The number of nitrogens with two attached hydrogens (primary N) is 2. The molecule has 0 unspecified atom stereocenters. The molecule has 0 atom stereocenters. The van der Waals surface area contributed by atoms with Gasteiger partial charge in [0.25, 0.3) is 0 Å². The molecule has 2 heteroatoms. The summed E-state index contributed by atoms with van der Waals surface area (Å²) < 4.78 is 0. The van der Waals surface area contributed by atoms with Crippen molar-refractivity contribution in [1.82, 2.24) is 0 Å². The molecule has 0 aliphatic rings. The number of hydrogen-bond acceptors (Lipinski definition) is 2. The van der Waals surface area contributed by atoms with E-state index in [-0.39, 0.29) is 11.1 Å². The fourth-order valence-electron chi connectivity index (χ4n) is 5.02. The van der Waals surface area contributed by atoms with E-state index < -0.39 is 0 Å². The number of hydrogen-bond donors (Lipinski definition) is 2. The van der Waals surface area contributed by atoms with E-state index >= 15 is 0 Å². The molecular weight excluding hydrogens is 448 g/mol. The SMILES string of the molecule is CCCCCCCCCCCCCCC(C)(C)N.CCCCCCCCCCCCCCCC(C)(C)N. The quantitative estimate of drug-likeness (QED) is 0.105. The van der Waals surface area contributed by atoms with Crippen LogP contribution in [-0.2, 0) is 0 Å². The van der Waals surface area contributed by atoms with E-state index in [0.717, 1.165) is 0 Å². The van der Waals surface area contributed by atoms with Crippen LogP contribution in [0, 0.1) is 0 Å². The molecule has 0 bridgehead atoms. The van der Waals surface area contributed by atoms with Gasteiger partial charge in [0.15, 0.2) is 0 Å². The first kappa shape index (κ1) is 39.1. The first-order chi connectivity index (χ1) is 17.6. The molecular formula is C35H76N2. The third-order valence-corrected chi connectivity index (χ3v) is 7.60. The van der Waals surface area contributed by atoms with Crippen molar-refractivity contribution in [3.8, 4) is 0 Å². The van der Waals surface area contributed by atoms with Crippen molar-refractivity contribution >= 4 is 0 Å². The lowest BCUT2D eigenvalue weighted by molar-refractivity contribution is 0.439. The Balaban J connectivity index is 0. The van der Waals surface area contributed by atoms with Crippen LogP contribution in [0.5, 0.6) is 0 Å². The maximum atomic E-state index is 5.97. The summed E-state index contributed by atoms with van der Waals surface area (Å²) in [6.07, 6.45) is 37.9. The highest BCUT2D eigenvalue weighted by Gasteiger charge is 2.09. The molecule has 0 saturated carbocycles. The second-order valence-electron chi connectivity index (χ2n) is 13.6. The largest absolute Gasteiger partial charge is 0.326 e. The van der Waals surface area contributed by atoms with E-state index in [0.29, 0.717) is 0 Å². The van der Waals surface area contributed by atoms with Crippen LogP contribution >= 0.6 is 0 Å². The minimum Gasteiger partial charge on any atom is -0.326 e. The fraction of sp³-hybridized carbons (Fsp3) is 1.00. The monoisotopic (exact) mass is 525 g/mol. The lowest BCUT2D eigenvalue weighted by atomic mass is 9.97.